The van der Waals surface area contributed by atoms with Gasteiger partial charge in [-0.2, -0.15) is 5.10 Å². The molecule has 82 valence electrons. The van der Waals surface area contributed by atoms with E-state index in [9.17, 15) is 4.79 Å². The first-order valence-electron chi connectivity index (χ1n) is 5.26. The fourth-order valence-corrected chi connectivity index (χ4v) is 1.82. The van der Waals surface area contributed by atoms with Gasteiger partial charge in [0.05, 0.1) is 0 Å². The summed E-state index contributed by atoms with van der Waals surface area (Å²) in [4.78, 5) is 14.0. The lowest BCUT2D eigenvalue weighted by Crippen LogP contribution is -2.33. The quantitative estimate of drug-likeness (QED) is 0.775. The highest BCUT2D eigenvalue weighted by atomic mass is 16.2. The van der Waals surface area contributed by atoms with Crippen LogP contribution in [0, 0.1) is 6.92 Å². The van der Waals surface area contributed by atoms with E-state index in [2.05, 4.69) is 10.2 Å². The molecule has 1 aromatic heterocycles. The Balaban J connectivity index is 2.26. The number of rotatable bonds is 3. The van der Waals surface area contributed by atoms with Gasteiger partial charge in [0.1, 0.15) is 5.56 Å². The largest absolute Gasteiger partial charge is 0.382 e. The van der Waals surface area contributed by atoms with Gasteiger partial charge in [0.2, 0.25) is 0 Å². The van der Waals surface area contributed by atoms with E-state index < -0.39 is 0 Å². The zero-order valence-corrected chi connectivity index (χ0v) is 9.08. The second-order valence-corrected chi connectivity index (χ2v) is 3.93. The van der Waals surface area contributed by atoms with Gasteiger partial charge in [0, 0.05) is 18.3 Å². The van der Waals surface area contributed by atoms with E-state index in [4.69, 9.17) is 5.73 Å². The molecule has 15 heavy (non-hydrogen) atoms. The summed E-state index contributed by atoms with van der Waals surface area (Å²) in [6.07, 6.45) is 2.22. The Labute approximate surface area is 88.6 Å². The van der Waals surface area contributed by atoms with Crippen LogP contribution in [-0.2, 0) is 0 Å². The first-order valence-corrected chi connectivity index (χ1v) is 5.26. The molecule has 2 rings (SSSR count). The summed E-state index contributed by atoms with van der Waals surface area (Å²) in [6.45, 7) is 4.53. The summed E-state index contributed by atoms with van der Waals surface area (Å²) in [7, 11) is 0. The molecular formula is C10H16N4O. The van der Waals surface area contributed by atoms with Crippen LogP contribution in [-0.4, -0.2) is 33.6 Å². The number of carbonyl (C=O) groups excluding carboxylic acids is 1. The van der Waals surface area contributed by atoms with Crippen LogP contribution in [0.1, 0.15) is 35.8 Å². The van der Waals surface area contributed by atoms with E-state index in [1.165, 1.54) is 0 Å². The Kier molecular flexibility index (Phi) is 2.38. The molecule has 1 aliphatic rings. The Bertz CT molecular complexity index is 361. The van der Waals surface area contributed by atoms with Gasteiger partial charge in [-0.15, -0.1) is 0 Å². The van der Waals surface area contributed by atoms with Gasteiger partial charge < -0.3 is 10.6 Å². The van der Waals surface area contributed by atoms with Crippen LogP contribution in [0.2, 0.25) is 0 Å². The molecule has 1 aromatic rings. The van der Waals surface area contributed by atoms with E-state index in [0.29, 0.717) is 17.4 Å². The van der Waals surface area contributed by atoms with Crippen molar-refractivity contribution >= 4 is 11.7 Å². The molecule has 1 amide bonds. The van der Waals surface area contributed by atoms with Crippen LogP contribution < -0.4 is 5.73 Å². The van der Waals surface area contributed by atoms with Crippen molar-refractivity contribution in [3.05, 3.63) is 11.3 Å². The second kappa shape index (κ2) is 3.56. The van der Waals surface area contributed by atoms with Crippen molar-refractivity contribution in [1.29, 1.82) is 0 Å². The molecule has 0 saturated heterocycles. The van der Waals surface area contributed by atoms with Crippen molar-refractivity contribution < 1.29 is 4.79 Å². The van der Waals surface area contributed by atoms with Crippen molar-refractivity contribution in [3.63, 3.8) is 0 Å². The number of hydrogen-bond donors (Lipinski definition) is 2. The van der Waals surface area contributed by atoms with E-state index in [0.717, 1.165) is 25.1 Å². The van der Waals surface area contributed by atoms with Gasteiger partial charge in [-0.1, -0.05) is 0 Å². The van der Waals surface area contributed by atoms with E-state index >= 15 is 0 Å². The zero-order chi connectivity index (χ0) is 11.0. The maximum Gasteiger partial charge on any atom is 0.259 e. The molecular weight excluding hydrogens is 192 g/mol. The van der Waals surface area contributed by atoms with Gasteiger partial charge in [-0.3, -0.25) is 9.89 Å². The number of aromatic nitrogens is 2. The lowest BCUT2D eigenvalue weighted by molar-refractivity contribution is 0.0753. The third-order valence-corrected chi connectivity index (χ3v) is 2.78. The van der Waals surface area contributed by atoms with Crippen LogP contribution in [0.25, 0.3) is 0 Å². The standard InChI is InChI=1S/C10H16N4O/c1-3-14(7-4-5-7)10(15)8-6(2)12-13-9(8)11/h7H,3-5H2,1-2H3,(H3,11,12,13). The molecule has 0 radical (unpaired) electrons. The Morgan fingerprint density at radius 1 is 1.67 bits per heavy atom. The second-order valence-electron chi connectivity index (χ2n) is 3.93. The average Bonchev–Trinajstić information content (AvgIpc) is 2.95. The molecule has 1 heterocycles. The van der Waals surface area contributed by atoms with Gasteiger partial charge >= 0.3 is 0 Å². The maximum atomic E-state index is 12.1. The highest BCUT2D eigenvalue weighted by molar-refractivity contribution is 5.99. The smallest absolute Gasteiger partial charge is 0.259 e. The molecule has 1 aliphatic carbocycles. The maximum absolute atomic E-state index is 12.1. The number of carbonyl (C=O) groups is 1. The molecule has 3 N–H and O–H groups in total. The summed E-state index contributed by atoms with van der Waals surface area (Å²) < 4.78 is 0. The van der Waals surface area contributed by atoms with Gasteiger partial charge in [-0.25, -0.2) is 0 Å². The minimum absolute atomic E-state index is 0.00347. The Morgan fingerprint density at radius 3 is 2.73 bits per heavy atom. The lowest BCUT2D eigenvalue weighted by Gasteiger charge is -2.20. The third-order valence-electron chi connectivity index (χ3n) is 2.78. The predicted octanol–water partition coefficient (Wildman–Crippen LogP) is 0.925. The summed E-state index contributed by atoms with van der Waals surface area (Å²) in [5.41, 5.74) is 6.94. The number of nitrogens with two attached hydrogens (primary N) is 1. The summed E-state index contributed by atoms with van der Waals surface area (Å²) >= 11 is 0. The highest BCUT2D eigenvalue weighted by Crippen LogP contribution is 2.29. The fraction of sp³-hybridized carbons (Fsp3) is 0.600. The summed E-state index contributed by atoms with van der Waals surface area (Å²) in [6, 6.07) is 0.413. The first kappa shape index (κ1) is 10.0. The number of nitrogens with zero attached hydrogens (tertiary/aromatic N) is 2. The van der Waals surface area contributed by atoms with Crippen LogP contribution in [0.4, 0.5) is 5.82 Å². The number of H-pyrrole nitrogens is 1. The molecule has 0 bridgehead atoms. The van der Waals surface area contributed by atoms with E-state index in [-0.39, 0.29) is 5.91 Å². The molecule has 5 heteroatoms. The minimum atomic E-state index is 0.00347. The van der Waals surface area contributed by atoms with Crippen molar-refractivity contribution in [2.45, 2.75) is 32.7 Å². The van der Waals surface area contributed by atoms with Crippen molar-refractivity contribution in [2.24, 2.45) is 0 Å². The number of aromatic amines is 1. The average molecular weight is 208 g/mol. The molecule has 0 atom stereocenters. The summed E-state index contributed by atoms with van der Waals surface area (Å²) in [5.74, 6) is 0.306. The topological polar surface area (TPSA) is 75.0 Å². The van der Waals surface area contributed by atoms with E-state index in [1.807, 2.05) is 18.7 Å². The normalized spacial score (nSPS) is 15.3. The fourth-order valence-electron chi connectivity index (χ4n) is 1.82. The van der Waals surface area contributed by atoms with Crippen molar-refractivity contribution in [2.75, 3.05) is 12.3 Å². The molecule has 1 fully saturated rings. The van der Waals surface area contributed by atoms with Gasteiger partial charge in [-0.05, 0) is 26.7 Å². The number of nitrogens with one attached hydrogen (secondary N) is 1. The SMILES string of the molecule is CCN(C(=O)c1c(N)n[nH]c1C)C1CC1. The summed E-state index contributed by atoms with van der Waals surface area (Å²) in [5, 5.41) is 6.57. The highest BCUT2D eigenvalue weighted by Gasteiger charge is 2.33. The van der Waals surface area contributed by atoms with Crippen LogP contribution in [0.5, 0.6) is 0 Å². The molecule has 5 nitrogen and oxygen atoms in total. The van der Waals surface area contributed by atoms with Crippen LogP contribution >= 0.6 is 0 Å². The van der Waals surface area contributed by atoms with Crippen molar-refractivity contribution in [3.8, 4) is 0 Å². The van der Waals surface area contributed by atoms with Crippen LogP contribution in [0.3, 0.4) is 0 Å². The zero-order valence-electron chi connectivity index (χ0n) is 9.08. The minimum Gasteiger partial charge on any atom is -0.382 e. The Hall–Kier alpha value is -1.52. The lowest BCUT2D eigenvalue weighted by atomic mass is 10.2. The number of anilines is 1. The number of amides is 1. The number of nitrogen functional groups attached to an aromatic ring is 1. The van der Waals surface area contributed by atoms with Crippen molar-refractivity contribution in [1.82, 2.24) is 15.1 Å². The predicted molar refractivity (Wildman–Crippen MR) is 57.5 cm³/mol. The molecule has 0 aromatic carbocycles. The number of aryl methyl sites for hydroxylation is 1. The first-order chi connectivity index (χ1) is 7.15. The Morgan fingerprint density at radius 2 is 2.33 bits per heavy atom. The molecule has 0 aliphatic heterocycles. The monoisotopic (exact) mass is 208 g/mol. The van der Waals surface area contributed by atoms with E-state index in [1.54, 1.807) is 0 Å². The van der Waals surface area contributed by atoms with Gasteiger partial charge in [0.15, 0.2) is 5.82 Å². The van der Waals surface area contributed by atoms with Crippen LogP contribution in [0.15, 0.2) is 0 Å². The third kappa shape index (κ3) is 1.69. The molecule has 0 spiro atoms. The van der Waals surface area contributed by atoms with Gasteiger partial charge in [0.25, 0.3) is 5.91 Å². The molecule has 1 saturated carbocycles. The molecule has 0 unspecified atom stereocenters. The number of hydrogen-bond acceptors (Lipinski definition) is 3.